The number of ether oxygens (including phenoxy) is 2. The zero-order chi connectivity index (χ0) is 16.9. The van der Waals surface area contributed by atoms with Crippen molar-refractivity contribution in [2.75, 3.05) is 19.5 Å². The van der Waals surface area contributed by atoms with Gasteiger partial charge in [-0.1, -0.05) is 0 Å². The number of hydrogen-bond donors (Lipinski definition) is 2. The van der Waals surface area contributed by atoms with Crippen molar-refractivity contribution >= 4 is 11.7 Å². The molecular weight excluding hydrogens is 294 g/mol. The summed E-state index contributed by atoms with van der Waals surface area (Å²) in [4.78, 5) is 11.8. The van der Waals surface area contributed by atoms with Crippen LogP contribution in [0.1, 0.15) is 27.2 Å². The van der Waals surface area contributed by atoms with Crippen LogP contribution in [0.2, 0.25) is 0 Å². The summed E-state index contributed by atoms with van der Waals surface area (Å²) in [5.74, 6) is -2.25. The molecule has 0 spiro atoms. The Morgan fingerprint density at radius 1 is 1.27 bits per heavy atom. The lowest BCUT2D eigenvalue weighted by Crippen LogP contribution is -2.41. The monoisotopic (exact) mass is 316 g/mol. The number of rotatable bonds is 6. The number of benzene rings is 1. The third-order valence-corrected chi connectivity index (χ3v) is 3.19. The number of methoxy groups -OCH3 is 2. The second-order valence-corrected chi connectivity index (χ2v) is 5.64. The molecule has 5 nitrogen and oxygen atoms in total. The number of amides is 2. The topological polar surface area (TPSA) is 59.6 Å². The maximum atomic E-state index is 13.5. The maximum absolute atomic E-state index is 13.5. The molecule has 0 saturated heterocycles. The first-order chi connectivity index (χ1) is 10.2. The van der Waals surface area contributed by atoms with Crippen LogP contribution in [0.4, 0.5) is 19.3 Å². The SMILES string of the molecule is COc1c(F)cc(NC(=O)NC(C)CC(C)(C)OC)cc1F. The third kappa shape index (κ3) is 5.14. The van der Waals surface area contributed by atoms with Crippen molar-refractivity contribution in [3.63, 3.8) is 0 Å². The minimum atomic E-state index is -0.883. The van der Waals surface area contributed by atoms with Crippen molar-refractivity contribution < 1.29 is 23.0 Å². The minimum absolute atomic E-state index is 0.00602. The number of nitrogens with one attached hydrogen (secondary N) is 2. The van der Waals surface area contributed by atoms with Gasteiger partial charge in [-0.25, -0.2) is 13.6 Å². The van der Waals surface area contributed by atoms with E-state index in [1.807, 2.05) is 20.8 Å². The van der Waals surface area contributed by atoms with Gasteiger partial charge in [-0.05, 0) is 27.2 Å². The number of carbonyl (C=O) groups excluding carboxylic acids is 1. The fourth-order valence-corrected chi connectivity index (χ4v) is 2.09. The summed E-state index contributed by atoms with van der Waals surface area (Å²) >= 11 is 0. The summed E-state index contributed by atoms with van der Waals surface area (Å²) in [5, 5.41) is 5.06. The quantitative estimate of drug-likeness (QED) is 0.846. The molecule has 0 saturated carbocycles. The molecule has 124 valence electrons. The van der Waals surface area contributed by atoms with Crippen LogP contribution in [0, 0.1) is 11.6 Å². The number of anilines is 1. The molecule has 0 aliphatic carbocycles. The molecule has 2 amide bonds. The Balaban J connectivity index is 2.66. The summed E-state index contributed by atoms with van der Waals surface area (Å²) in [6.07, 6.45) is 0.586. The molecular formula is C15H22F2N2O3. The number of hydrogen-bond acceptors (Lipinski definition) is 3. The smallest absolute Gasteiger partial charge is 0.319 e. The second-order valence-electron chi connectivity index (χ2n) is 5.64. The average molecular weight is 316 g/mol. The van der Waals surface area contributed by atoms with Crippen LogP contribution in [0.15, 0.2) is 12.1 Å². The number of carbonyl (C=O) groups is 1. The van der Waals surface area contributed by atoms with Gasteiger partial charge in [0.1, 0.15) is 0 Å². The molecule has 0 aromatic heterocycles. The van der Waals surface area contributed by atoms with E-state index in [1.165, 1.54) is 7.11 Å². The van der Waals surface area contributed by atoms with Gasteiger partial charge in [-0.15, -0.1) is 0 Å². The fraction of sp³-hybridized carbons (Fsp3) is 0.533. The van der Waals surface area contributed by atoms with E-state index < -0.39 is 23.4 Å². The van der Waals surface area contributed by atoms with Crippen molar-refractivity contribution in [2.45, 2.75) is 38.8 Å². The first-order valence-electron chi connectivity index (χ1n) is 6.84. The molecule has 1 unspecified atom stereocenters. The highest BCUT2D eigenvalue weighted by atomic mass is 19.1. The molecule has 0 aliphatic rings. The highest BCUT2D eigenvalue weighted by Gasteiger charge is 2.21. The highest BCUT2D eigenvalue weighted by molar-refractivity contribution is 5.89. The van der Waals surface area contributed by atoms with E-state index in [1.54, 1.807) is 7.11 Å². The Labute approximate surface area is 129 Å². The second kappa shape index (κ2) is 7.40. The standard InChI is InChI=1S/C15H22F2N2O3/c1-9(8-15(2,3)22-5)18-14(20)19-10-6-11(16)13(21-4)12(17)7-10/h6-7,9H,8H2,1-5H3,(H2,18,19,20). The Kier molecular flexibility index (Phi) is 6.11. The van der Waals surface area contributed by atoms with E-state index in [0.29, 0.717) is 6.42 Å². The number of urea groups is 1. The van der Waals surface area contributed by atoms with Gasteiger partial charge in [0.05, 0.1) is 12.7 Å². The van der Waals surface area contributed by atoms with E-state index in [0.717, 1.165) is 12.1 Å². The Morgan fingerprint density at radius 2 is 1.82 bits per heavy atom. The summed E-state index contributed by atoms with van der Waals surface area (Å²) in [5.41, 5.74) is -0.378. The molecule has 1 aromatic carbocycles. The van der Waals surface area contributed by atoms with Crippen molar-refractivity contribution in [2.24, 2.45) is 0 Å². The van der Waals surface area contributed by atoms with Crippen LogP contribution in [-0.4, -0.2) is 31.9 Å². The van der Waals surface area contributed by atoms with Gasteiger partial charge < -0.3 is 20.1 Å². The Bertz CT molecular complexity index is 513. The molecule has 0 heterocycles. The van der Waals surface area contributed by atoms with E-state index in [4.69, 9.17) is 4.74 Å². The van der Waals surface area contributed by atoms with Crippen LogP contribution < -0.4 is 15.4 Å². The van der Waals surface area contributed by atoms with Crippen molar-refractivity contribution in [3.05, 3.63) is 23.8 Å². The molecule has 0 radical (unpaired) electrons. The molecule has 0 fully saturated rings. The molecule has 7 heteroatoms. The zero-order valence-electron chi connectivity index (χ0n) is 13.4. The maximum Gasteiger partial charge on any atom is 0.319 e. The predicted molar refractivity (Wildman–Crippen MR) is 80.2 cm³/mol. The largest absolute Gasteiger partial charge is 0.491 e. The molecule has 1 aromatic rings. The number of halogens is 2. The van der Waals surface area contributed by atoms with Crippen molar-refractivity contribution in [1.29, 1.82) is 0 Å². The lowest BCUT2D eigenvalue weighted by molar-refractivity contribution is 0.00963. The van der Waals surface area contributed by atoms with Crippen LogP contribution >= 0.6 is 0 Å². The Hall–Kier alpha value is -1.89. The van der Waals surface area contributed by atoms with Crippen LogP contribution in [0.3, 0.4) is 0 Å². The first kappa shape index (κ1) is 18.2. The van der Waals surface area contributed by atoms with Gasteiger partial charge in [0.25, 0.3) is 0 Å². The normalized spacial score (nSPS) is 12.7. The zero-order valence-corrected chi connectivity index (χ0v) is 13.4. The van der Waals surface area contributed by atoms with E-state index >= 15 is 0 Å². The van der Waals surface area contributed by atoms with Crippen LogP contribution in [0.25, 0.3) is 0 Å². The van der Waals surface area contributed by atoms with E-state index in [9.17, 15) is 13.6 Å². The summed E-state index contributed by atoms with van der Waals surface area (Å²) < 4.78 is 36.9. The summed E-state index contributed by atoms with van der Waals surface area (Å²) in [6.45, 7) is 5.62. The van der Waals surface area contributed by atoms with E-state index in [2.05, 4.69) is 15.4 Å². The molecule has 22 heavy (non-hydrogen) atoms. The minimum Gasteiger partial charge on any atom is -0.491 e. The summed E-state index contributed by atoms with van der Waals surface area (Å²) in [6, 6.07) is 1.25. The van der Waals surface area contributed by atoms with Gasteiger partial charge in [0.2, 0.25) is 0 Å². The summed E-state index contributed by atoms with van der Waals surface area (Å²) in [7, 11) is 2.76. The fourth-order valence-electron chi connectivity index (χ4n) is 2.09. The van der Waals surface area contributed by atoms with Crippen LogP contribution in [0.5, 0.6) is 5.75 Å². The highest BCUT2D eigenvalue weighted by Crippen LogP contribution is 2.25. The molecule has 1 rings (SSSR count). The van der Waals surface area contributed by atoms with Crippen molar-refractivity contribution in [3.8, 4) is 5.75 Å². The lowest BCUT2D eigenvalue weighted by Gasteiger charge is -2.27. The van der Waals surface area contributed by atoms with Crippen LogP contribution in [-0.2, 0) is 4.74 Å². The molecule has 2 N–H and O–H groups in total. The van der Waals surface area contributed by atoms with E-state index in [-0.39, 0.29) is 17.3 Å². The average Bonchev–Trinajstić information content (AvgIpc) is 2.37. The predicted octanol–water partition coefficient (Wildman–Crippen LogP) is 3.30. The lowest BCUT2D eigenvalue weighted by atomic mass is 10.00. The molecule has 0 bridgehead atoms. The third-order valence-electron chi connectivity index (χ3n) is 3.19. The van der Waals surface area contributed by atoms with Gasteiger partial charge in [-0.3, -0.25) is 0 Å². The Morgan fingerprint density at radius 3 is 2.27 bits per heavy atom. The first-order valence-corrected chi connectivity index (χ1v) is 6.84. The van der Waals surface area contributed by atoms with Gasteiger partial charge >= 0.3 is 6.03 Å². The van der Waals surface area contributed by atoms with Gasteiger partial charge in [0.15, 0.2) is 17.4 Å². The molecule has 0 aliphatic heterocycles. The van der Waals surface area contributed by atoms with Gasteiger partial charge in [0, 0.05) is 31.0 Å². The van der Waals surface area contributed by atoms with Crippen molar-refractivity contribution in [1.82, 2.24) is 5.32 Å². The van der Waals surface area contributed by atoms with Gasteiger partial charge in [-0.2, -0.15) is 0 Å². The molecule has 1 atom stereocenters.